The average molecular weight is 370 g/mol. The highest BCUT2D eigenvalue weighted by atomic mass is 32.1. The van der Waals surface area contributed by atoms with Gasteiger partial charge in [0.1, 0.15) is 5.01 Å². The van der Waals surface area contributed by atoms with Gasteiger partial charge in [0, 0.05) is 0 Å². The second-order valence-electron chi connectivity index (χ2n) is 5.08. The van der Waals surface area contributed by atoms with E-state index in [1.54, 1.807) is 30.1 Å². The van der Waals surface area contributed by atoms with Crippen LogP contribution in [0.25, 0.3) is 27.8 Å². The summed E-state index contributed by atoms with van der Waals surface area (Å²) in [4.78, 5) is 1.82. The van der Waals surface area contributed by atoms with Gasteiger partial charge in [0.25, 0.3) is 0 Å². The molecule has 1 aromatic carbocycles. The van der Waals surface area contributed by atoms with Gasteiger partial charge in [-0.3, -0.25) is 0 Å². The number of rotatable bonds is 5. The molecule has 0 saturated carbocycles. The number of methoxy groups -OCH3 is 2. The summed E-state index contributed by atoms with van der Waals surface area (Å²) in [5.41, 5.74) is 1.00. The van der Waals surface area contributed by atoms with Gasteiger partial charge in [0.15, 0.2) is 17.3 Å². The van der Waals surface area contributed by atoms with Gasteiger partial charge in [-0.25, -0.2) is 0 Å². The first-order chi connectivity index (χ1) is 12.3. The van der Waals surface area contributed by atoms with E-state index in [1.165, 1.54) is 11.3 Å². The monoisotopic (exact) mass is 370 g/mol. The Labute approximate surface area is 152 Å². The first-order valence-electron chi connectivity index (χ1n) is 7.44. The Morgan fingerprint density at radius 2 is 1.92 bits per heavy atom. The number of fused-ring (bicyclic) bond motifs is 1. The van der Waals surface area contributed by atoms with Crippen LogP contribution in [0.15, 0.2) is 35.7 Å². The second-order valence-corrected chi connectivity index (χ2v) is 7.02. The van der Waals surface area contributed by atoms with Crippen LogP contribution in [0.4, 0.5) is 0 Å². The van der Waals surface area contributed by atoms with Crippen LogP contribution in [0.1, 0.15) is 10.6 Å². The van der Waals surface area contributed by atoms with Gasteiger partial charge in [-0.05, 0) is 35.2 Å². The summed E-state index contributed by atoms with van der Waals surface area (Å²) in [6, 6.07) is 9.78. The van der Waals surface area contributed by atoms with Crippen molar-refractivity contribution in [2.75, 3.05) is 14.2 Å². The maximum atomic E-state index is 5.33. The Bertz CT molecular complexity index is 1030. The third kappa shape index (κ3) is 3.01. The van der Waals surface area contributed by atoms with Crippen molar-refractivity contribution in [1.29, 1.82) is 0 Å². The number of thiophene rings is 1. The molecule has 8 heteroatoms. The molecule has 0 aliphatic rings. The zero-order valence-corrected chi connectivity index (χ0v) is 15.2. The molecule has 126 valence electrons. The standard InChI is InChI=1S/C17H14N4O2S2/c1-22-12-7-5-11(10-13(12)23-2)6-8-15-20-21-16(14-4-3-9-24-14)18-19-17(21)25-15/h3-10H,1-2H3/b8-6-. The number of benzene rings is 1. The molecule has 0 radical (unpaired) electrons. The molecule has 0 bridgehead atoms. The summed E-state index contributed by atoms with van der Waals surface area (Å²) in [7, 11) is 3.25. The maximum absolute atomic E-state index is 5.33. The molecule has 3 aromatic heterocycles. The lowest BCUT2D eigenvalue weighted by atomic mass is 10.2. The minimum atomic E-state index is 0.697. The largest absolute Gasteiger partial charge is 0.493 e. The van der Waals surface area contributed by atoms with E-state index in [0.717, 1.165) is 26.2 Å². The van der Waals surface area contributed by atoms with Crippen molar-refractivity contribution in [1.82, 2.24) is 19.8 Å². The van der Waals surface area contributed by atoms with Gasteiger partial charge in [-0.2, -0.15) is 9.61 Å². The first-order valence-corrected chi connectivity index (χ1v) is 9.14. The molecule has 6 nitrogen and oxygen atoms in total. The van der Waals surface area contributed by atoms with Crippen LogP contribution < -0.4 is 9.47 Å². The molecule has 4 aromatic rings. The molecule has 0 aliphatic heterocycles. The SMILES string of the molecule is COc1ccc(/C=C\c2nn3c(-c4cccs4)nnc3s2)cc1OC. The van der Waals surface area contributed by atoms with Crippen molar-refractivity contribution in [3.8, 4) is 22.2 Å². The lowest BCUT2D eigenvalue weighted by Crippen LogP contribution is -1.90. The van der Waals surface area contributed by atoms with Gasteiger partial charge in [-0.1, -0.05) is 29.5 Å². The summed E-state index contributed by atoms with van der Waals surface area (Å²) in [6.45, 7) is 0. The van der Waals surface area contributed by atoms with E-state index in [0.29, 0.717) is 11.5 Å². The third-order valence-corrected chi connectivity index (χ3v) is 5.30. The smallest absolute Gasteiger partial charge is 0.235 e. The molecule has 0 fully saturated rings. The molecule has 0 unspecified atom stereocenters. The number of hydrogen-bond donors (Lipinski definition) is 0. The Morgan fingerprint density at radius 1 is 1.04 bits per heavy atom. The van der Waals surface area contributed by atoms with Crippen molar-refractivity contribution >= 4 is 39.8 Å². The molecule has 25 heavy (non-hydrogen) atoms. The zero-order chi connectivity index (χ0) is 17.2. The van der Waals surface area contributed by atoms with Crippen molar-refractivity contribution in [3.05, 3.63) is 46.3 Å². The summed E-state index contributed by atoms with van der Waals surface area (Å²) >= 11 is 3.11. The van der Waals surface area contributed by atoms with Gasteiger partial charge >= 0.3 is 0 Å². The third-order valence-electron chi connectivity index (χ3n) is 3.57. The predicted molar refractivity (Wildman–Crippen MR) is 100 cm³/mol. The van der Waals surface area contributed by atoms with Crippen LogP contribution in [-0.4, -0.2) is 34.0 Å². The van der Waals surface area contributed by atoms with E-state index < -0.39 is 0 Å². The van der Waals surface area contributed by atoms with Crippen LogP contribution in [0.5, 0.6) is 11.5 Å². The fourth-order valence-electron chi connectivity index (χ4n) is 2.38. The maximum Gasteiger partial charge on any atom is 0.235 e. The fourth-order valence-corrected chi connectivity index (χ4v) is 3.82. The van der Waals surface area contributed by atoms with E-state index in [9.17, 15) is 0 Å². The highest BCUT2D eigenvalue weighted by Gasteiger charge is 2.13. The lowest BCUT2D eigenvalue weighted by molar-refractivity contribution is 0.355. The molecular weight excluding hydrogens is 356 g/mol. The molecule has 3 heterocycles. The molecule has 0 N–H and O–H groups in total. The molecule has 0 aliphatic carbocycles. The number of aromatic nitrogens is 4. The minimum Gasteiger partial charge on any atom is -0.493 e. The van der Waals surface area contributed by atoms with Crippen molar-refractivity contribution in [3.63, 3.8) is 0 Å². The number of hydrogen-bond acceptors (Lipinski definition) is 7. The molecule has 0 atom stereocenters. The number of ether oxygens (including phenoxy) is 2. The Kier molecular flexibility index (Phi) is 4.21. The highest BCUT2D eigenvalue weighted by molar-refractivity contribution is 7.17. The van der Waals surface area contributed by atoms with Crippen LogP contribution >= 0.6 is 22.7 Å². The van der Waals surface area contributed by atoms with Gasteiger partial charge in [-0.15, -0.1) is 21.5 Å². The Balaban J connectivity index is 1.64. The van der Waals surface area contributed by atoms with Crippen LogP contribution in [-0.2, 0) is 0 Å². The van der Waals surface area contributed by atoms with Crippen molar-refractivity contribution in [2.45, 2.75) is 0 Å². The van der Waals surface area contributed by atoms with E-state index >= 15 is 0 Å². The van der Waals surface area contributed by atoms with E-state index in [-0.39, 0.29) is 0 Å². The fraction of sp³-hybridized carbons (Fsp3) is 0.118. The normalized spacial score (nSPS) is 11.4. The Morgan fingerprint density at radius 3 is 2.68 bits per heavy atom. The minimum absolute atomic E-state index is 0.697. The quantitative estimate of drug-likeness (QED) is 0.529. The highest BCUT2D eigenvalue weighted by Crippen LogP contribution is 2.29. The molecule has 0 saturated heterocycles. The summed E-state index contributed by atoms with van der Waals surface area (Å²) < 4.78 is 12.4. The molecule has 0 amide bonds. The van der Waals surface area contributed by atoms with E-state index in [4.69, 9.17) is 9.47 Å². The summed E-state index contributed by atoms with van der Waals surface area (Å²) in [6.07, 6.45) is 3.94. The van der Waals surface area contributed by atoms with Gasteiger partial charge < -0.3 is 9.47 Å². The predicted octanol–water partition coefficient (Wildman–Crippen LogP) is 4.10. The molecule has 4 rings (SSSR count). The van der Waals surface area contributed by atoms with Crippen LogP contribution in [0.3, 0.4) is 0 Å². The second kappa shape index (κ2) is 6.66. The Hall–Kier alpha value is -2.71. The number of nitrogens with zero attached hydrogens (tertiary/aromatic N) is 4. The topological polar surface area (TPSA) is 61.5 Å². The van der Waals surface area contributed by atoms with Crippen molar-refractivity contribution < 1.29 is 9.47 Å². The van der Waals surface area contributed by atoms with Gasteiger partial charge in [0.2, 0.25) is 4.96 Å². The van der Waals surface area contributed by atoms with Crippen molar-refractivity contribution in [2.24, 2.45) is 0 Å². The molecular formula is C17H14N4O2S2. The van der Waals surface area contributed by atoms with E-state index in [1.807, 2.05) is 47.9 Å². The lowest BCUT2D eigenvalue weighted by Gasteiger charge is -2.07. The van der Waals surface area contributed by atoms with Crippen LogP contribution in [0, 0.1) is 0 Å². The van der Waals surface area contributed by atoms with Gasteiger partial charge in [0.05, 0.1) is 19.1 Å². The summed E-state index contributed by atoms with van der Waals surface area (Å²) in [5, 5.41) is 15.9. The first kappa shape index (κ1) is 15.8. The molecule has 0 spiro atoms. The zero-order valence-electron chi connectivity index (χ0n) is 13.5. The average Bonchev–Trinajstić information content (AvgIpc) is 3.36. The van der Waals surface area contributed by atoms with E-state index in [2.05, 4.69) is 15.3 Å². The summed E-state index contributed by atoms with van der Waals surface area (Å²) in [5.74, 6) is 2.17. The van der Waals surface area contributed by atoms with Crippen LogP contribution in [0.2, 0.25) is 0 Å².